The van der Waals surface area contributed by atoms with E-state index in [0.717, 1.165) is 41.3 Å². The second-order valence-corrected chi connectivity index (χ2v) is 8.42. The number of phenols is 1. The van der Waals surface area contributed by atoms with E-state index in [0.29, 0.717) is 11.1 Å². The second-order valence-electron chi connectivity index (χ2n) is 7.28. The summed E-state index contributed by atoms with van der Waals surface area (Å²) in [6.45, 7) is 3.93. The van der Waals surface area contributed by atoms with Gasteiger partial charge in [-0.1, -0.05) is 26.0 Å². The maximum absolute atomic E-state index is 14.0. The second kappa shape index (κ2) is 5.38. The molecule has 0 radical (unpaired) electrons. The molecule has 1 unspecified atom stereocenters. The van der Waals surface area contributed by atoms with Crippen LogP contribution in [0.3, 0.4) is 0 Å². The van der Waals surface area contributed by atoms with Crippen molar-refractivity contribution >= 4 is 17.5 Å². The van der Waals surface area contributed by atoms with Crippen LogP contribution in [-0.2, 0) is 4.79 Å². The molecule has 1 aromatic rings. The molecule has 0 aromatic heterocycles. The van der Waals surface area contributed by atoms with Crippen molar-refractivity contribution in [1.29, 1.82) is 0 Å². The molecule has 1 aromatic carbocycles. The summed E-state index contributed by atoms with van der Waals surface area (Å²) in [5, 5.41) is 13.8. The van der Waals surface area contributed by atoms with Gasteiger partial charge in [-0.25, -0.2) is 4.39 Å². The number of hydrogen-bond donors (Lipinski definition) is 2. The van der Waals surface area contributed by atoms with Gasteiger partial charge in [-0.05, 0) is 25.3 Å². The zero-order chi connectivity index (χ0) is 17.1. The molecule has 3 aliphatic rings. The lowest BCUT2D eigenvalue weighted by molar-refractivity contribution is -0.124. The fourth-order valence-electron chi connectivity index (χ4n) is 3.85. The van der Waals surface area contributed by atoms with Crippen molar-refractivity contribution in [2.75, 3.05) is 5.75 Å². The predicted octanol–water partition coefficient (Wildman–Crippen LogP) is 4.21. The number of dihydropyridines is 1. The molecule has 1 atom stereocenters. The van der Waals surface area contributed by atoms with Crippen molar-refractivity contribution < 1.29 is 14.3 Å². The highest BCUT2D eigenvalue weighted by molar-refractivity contribution is 8.03. The van der Waals surface area contributed by atoms with Gasteiger partial charge in [0.15, 0.2) is 17.3 Å². The Bertz CT molecular complexity index is 810. The van der Waals surface area contributed by atoms with Gasteiger partial charge in [0.1, 0.15) is 0 Å². The normalized spacial score (nSPS) is 25.5. The number of nitrogens with one attached hydrogen (secondary N) is 1. The minimum Gasteiger partial charge on any atom is -0.505 e. The first-order valence-corrected chi connectivity index (χ1v) is 9.27. The molecular formula is C19H20FNO2S. The highest BCUT2D eigenvalue weighted by Gasteiger charge is 2.45. The smallest absolute Gasteiger partial charge is 0.167 e. The summed E-state index contributed by atoms with van der Waals surface area (Å²) in [6, 6.07) is 4.58. The molecule has 2 aliphatic heterocycles. The van der Waals surface area contributed by atoms with Gasteiger partial charge >= 0.3 is 0 Å². The highest BCUT2D eigenvalue weighted by atomic mass is 32.2. The van der Waals surface area contributed by atoms with Crippen molar-refractivity contribution in [3.05, 3.63) is 51.5 Å². The van der Waals surface area contributed by atoms with Crippen LogP contribution in [-0.4, -0.2) is 16.6 Å². The lowest BCUT2D eigenvalue weighted by Gasteiger charge is -2.39. The Balaban J connectivity index is 1.92. The number of carbonyl (C=O) groups is 1. The van der Waals surface area contributed by atoms with Gasteiger partial charge in [-0.3, -0.25) is 4.79 Å². The Labute approximate surface area is 145 Å². The maximum atomic E-state index is 14.0. The van der Waals surface area contributed by atoms with E-state index in [9.17, 15) is 14.3 Å². The number of aromatic hydroxyl groups is 1. The third-order valence-electron chi connectivity index (χ3n) is 5.27. The number of Topliss-reactive ketones (excluding diaryl/α,β-unsaturated/α-hetero) is 1. The number of phenolic OH excluding ortho intramolecular Hbond substituents is 1. The molecular weight excluding hydrogens is 325 g/mol. The molecule has 0 amide bonds. The lowest BCUT2D eigenvalue weighted by Crippen LogP contribution is -2.38. The number of halogens is 1. The van der Waals surface area contributed by atoms with Crippen LogP contribution in [0.1, 0.15) is 44.6 Å². The van der Waals surface area contributed by atoms with E-state index in [1.165, 1.54) is 6.07 Å². The average Bonchev–Trinajstić information content (AvgIpc) is 3.01. The van der Waals surface area contributed by atoms with Crippen molar-refractivity contribution in [2.24, 2.45) is 5.41 Å². The van der Waals surface area contributed by atoms with E-state index in [4.69, 9.17) is 0 Å². The number of thioether (sulfide) groups is 1. The Hall–Kier alpha value is -1.75. The highest BCUT2D eigenvalue weighted by Crippen LogP contribution is 2.53. The summed E-state index contributed by atoms with van der Waals surface area (Å²) < 4.78 is 14.0. The summed E-state index contributed by atoms with van der Waals surface area (Å²) >= 11 is 1.70. The number of rotatable bonds is 1. The van der Waals surface area contributed by atoms with Crippen molar-refractivity contribution in [1.82, 2.24) is 5.32 Å². The zero-order valence-electron chi connectivity index (χ0n) is 13.8. The largest absolute Gasteiger partial charge is 0.505 e. The first kappa shape index (κ1) is 15.8. The van der Waals surface area contributed by atoms with Crippen LogP contribution >= 0.6 is 11.8 Å². The quantitative estimate of drug-likeness (QED) is 0.800. The van der Waals surface area contributed by atoms with E-state index < -0.39 is 11.2 Å². The van der Waals surface area contributed by atoms with Crippen LogP contribution < -0.4 is 5.32 Å². The van der Waals surface area contributed by atoms with E-state index in [-0.39, 0.29) is 17.5 Å². The van der Waals surface area contributed by atoms with E-state index in [1.807, 2.05) is 13.8 Å². The standard InChI is InChI=1S/C19H20FNO2S/c1-19(2)8-6-12-15(18(19)23)14(17-13(21-12)7-9-24-17)10-4-3-5-11(20)16(10)22/h3-5,14,21-22H,6-9H2,1-2H3. The zero-order valence-corrected chi connectivity index (χ0v) is 14.6. The van der Waals surface area contributed by atoms with Crippen LogP contribution in [0.15, 0.2) is 40.1 Å². The average molecular weight is 345 g/mol. The third kappa shape index (κ3) is 2.21. The summed E-state index contributed by atoms with van der Waals surface area (Å²) in [7, 11) is 0. The molecule has 4 rings (SSSR count). The molecule has 24 heavy (non-hydrogen) atoms. The van der Waals surface area contributed by atoms with Crippen molar-refractivity contribution in [3.8, 4) is 5.75 Å². The molecule has 2 heterocycles. The van der Waals surface area contributed by atoms with Crippen LogP contribution in [0.5, 0.6) is 5.75 Å². The number of benzene rings is 1. The van der Waals surface area contributed by atoms with Gasteiger partial charge < -0.3 is 10.4 Å². The van der Waals surface area contributed by atoms with Gasteiger partial charge in [0, 0.05) is 38.6 Å². The van der Waals surface area contributed by atoms with E-state index in [1.54, 1.807) is 23.9 Å². The van der Waals surface area contributed by atoms with Crippen molar-refractivity contribution in [2.45, 2.75) is 39.0 Å². The van der Waals surface area contributed by atoms with Crippen LogP contribution in [0.2, 0.25) is 0 Å². The van der Waals surface area contributed by atoms with Gasteiger partial charge in [0.25, 0.3) is 0 Å². The molecule has 5 heteroatoms. The number of allylic oxidation sites excluding steroid dienone is 4. The first-order chi connectivity index (χ1) is 11.4. The number of ketones is 1. The lowest BCUT2D eigenvalue weighted by atomic mass is 9.69. The molecule has 0 saturated carbocycles. The Morgan fingerprint density at radius 1 is 1.29 bits per heavy atom. The Morgan fingerprint density at radius 3 is 2.88 bits per heavy atom. The molecule has 0 bridgehead atoms. The minimum absolute atomic E-state index is 0.101. The SMILES string of the molecule is CC1(C)CCC2=C(C1=O)C(c1cccc(F)c1O)C1=C(CCS1)N2. The summed E-state index contributed by atoms with van der Waals surface area (Å²) in [5.74, 6) is -0.286. The maximum Gasteiger partial charge on any atom is 0.167 e. The van der Waals surface area contributed by atoms with Crippen LogP contribution in [0.4, 0.5) is 4.39 Å². The molecule has 2 N–H and O–H groups in total. The molecule has 0 saturated heterocycles. The molecule has 126 valence electrons. The van der Waals surface area contributed by atoms with Crippen molar-refractivity contribution in [3.63, 3.8) is 0 Å². The molecule has 3 nitrogen and oxygen atoms in total. The summed E-state index contributed by atoms with van der Waals surface area (Å²) in [6.07, 6.45) is 2.53. The van der Waals surface area contributed by atoms with Crippen LogP contribution in [0.25, 0.3) is 0 Å². The predicted molar refractivity (Wildman–Crippen MR) is 93.1 cm³/mol. The first-order valence-electron chi connectivity index (χ1n) is 8.28. The van der Waals surface area contributed by atoms with Gasteiger partial charge in [0.05, 0.1) is 5.92 Å². The van der Waals surface area contributed by atoms with E-state index >= 15 is 0 Å². The molecule has 0 fully saturated rings. The number of para-hydroxylation sites is 1. The minimum atomic E-state index is -0.638. The fraction of sp³-hybridized carbons (Fsp3) is 0.421. The number of carbonyl (C=O) groups excluding carboxylic acids is 1. The van der Waals surface area contributed by atoms with Gasteiger partial charge in [0.2, 0.25) is 0 Å². The Kier molecular flexibility index (Phi) is 3.53. The fourth-order valence-corrected chi connectivity index (χ4v) is 5.12. The van der Waals surface area contributed by atoms with Gasteiger partial charge in [-0.2, -0.15) is 0 Å². The monoisotopic (exact) mass is 345 g/mol. The van der Waals surface area contributed by atoms with Crippen LogP contribution in [0, 0.1) is 11.2 Å². The number of hydrogen-bond acceptors (Lipinski definition) is 4. The van der Waals surface area contributed by atoms with Gasteiger partial charge in [-0.15, -0.1) is 11.8 Å². The van der Waals surface area contributed by atoms with E-state index in [2.05, 4.69) is 5.32 Å². The Morgan fingerprint density at radius 2 is 2.08 bits per heavy atom. The summed E-state index contributed by atoms with van der Waals surface area (Å²) in [5.41, 5.74) is 2.86. The topological polar surface area (TPSA) is 49.3 Å². The third-order valence-corrected chi connectivity index (χ3v) is 6.47. The molecule has 1 aliphatic carbocycles. The summed E-state index contributed by atoms with van der Waals surface area (Å²) in [4.78, 5) is 14.2. The molecule has 0 spiro atoms.